The highest BCUT2D eigenvalue weighted by molar-refractivity contribution is 7.13. The Hall–Kier alpha value is -1.10. The topological polar surface area (TPSA) is 28.2 Å². The van der Waals surface area contributed by atoms with Crippen LogP contribution in [-0.4, -0.2) is 18.1 Å². The van der Waals surface area contributed by atoms with Crippen LogP contribution < -0.4 is 10.2 Å². The number of hydrogen-bond donors (Lipinski definition) is 1. The van der Waals surface area contributed by atoms with E-state index >= 15 is 0 Å². The molecule has 1 aromatic carbocycles. The fourth-order valence-corrected chi connectivity index (χ4v) is 3.20. The van der Waals surface area contributed by atoms with Crippen molar-refractivity contribution in [2.24, 2.45) is 0 Å². The van der Waals surface area contributed by atoms with E-state index in [1.807, 2.05) is 12.1 Å². The minimum Gasteiger partial charge on any atom is -0.344 e. The van der Waals surface area contributed by atoms with Crippen LogP contribution in [0, 0.1) is 0 Å². The van der Waals surface area contributed by atoms with Crippen molar-refractivity contribution in [1.82, 2.24) is 10.3 Å². The molecule has 1 atom stereocenters. The van der Waals surface area contributed by atoms with Crippen LogP contribution in [0.15, 0.2) is 29.6 Å². The van der Waals surface area contributed by atoms with Gasteiger partial charge in [0.05, 0.1) is 11.7 Å². The SMILES string of the molecule is CC(c1ccc(Cl)cc1)N(C)c1nc(CNC2CC2)cs1. The Bertz CT molecular complexity index is 592. The van der Waals surface area contributed by atoms with E-state index in [2.05, 4.69) is 41.7 Å². The number of thiazole rings is 1. The molecule has 0 bridgehead atoms. The van der Waals surface area contributed by atoms with E-state index in [4.69, 9.17) is 16.6 Å². The summed E-state index contributed by atoms with van der Waals surface area (Å²) < 4.78 is 0. The van der Waals surface area contributed by atoms with Gasteiger partial charge in [-0.05, 0) is 37.5 Å². The van der Waals surface area contributed by atoms with Crippen molar-refractivity contribution < 1.29 is 0 Å². The highest BCUT2D eigenvalue weighted by atomic mass is 35.5. The molecule has 1 N–H and O–H groups in total. The van der Waals surface area contributed by atoms with Gasteiger partial charge in [-0.1, -0.05) is 23.7 Å². The van der Waals surface area contributed by atoms with E-state index in [9.17, 15) is 0 Å². The van der Waals surface area contributed by atoms with Gasteiger partial charge in [-0.25, -0.2) is 4.98 Å². The van der Waals surface area contributed by atoms with Gasteiger partial charge in [-0.3, -0.25) is 0 Å². The van der Waals surface area contributed by atoms with Gasteiger partial charge in [0.1, 0.15) is 0 Å². The Morgan fingerprint density at radius 2 is 2.10 bits per heavy atom. The maximum atomic E-state index is 5.95. The maximum Gasteiger partial charge on any atom is 0.185 e. The molecule has 0 aliphatic heterocycles. The smallest absolute Gasteiger partial charge is 0.185 e. The second-order valence-corrected chi connectivity index (χ2v) is 6.89. The molecule has 112 valence electrons. The number of anilines is 1. The number of hydrogen-bond acceptors (Lipinski definition) is 4. The van der Waals surface area contributed by atoms with Crippen LogP contribution in [0.4, 0.5) is 5.13 Å². The Kier molecular flexibility index (Phi) is 4.48. The first kappa shape index (κ1) is 14.8. The van der Waals surface area contributed by atoms with Crippen molar-refractivity contribution >= 4 is 28.1 Å². The Morgan fingerprint density at radius 3 is 2.76 bits per heavy atom. The Morgan fingerprint density at radius 1 is 1.38 bits per heavy atom. The zero-order valence-corrected chi connectivity index (χ0v) is 13.9. The summed E-state index contributed by atoms with van der Waals surface area (Å²) in [5.41, 5.74) is 2.38. The predicted octanol–water partition coefficient (Wildman–Crippen LogP) is 4.25. The summed E-state index contributed by atoms with van der Waals surface area (Å²) in [6.07, 6.45) is 2.62. The average molecular weight is 322 g/mol. The molecule has 0 amide bonds. The fraction of sp³-hybridized carbons (Fsp3) is 0.438. The van der Waals surface area contributed by atoms with Crippen LogP contribution in [-0.2, 0) is 6.54 Å². The van der Waals surface area contributed by atoms with Gasteiger partial charge in [0.2, 0.25) is 0 Å². The van der Waals surface area contributed by atoms with Crippen molar-refractivity contribution in [3.05, 3.63) is 45.9 Å². The van der Waals surface area contributed by atoms with Crippen molar-refractivity contribution in [2.45, 2.75) is 38.4 Å². The standard InChI is InChI=1S/C16H20ClN3S/c1-11(12-3-5-13(17)6-4-12)20(2)16-19-15(10-21-16)9-18-14-7-8-14/h3-6,10-11,14,18H,7-9H2,1-2H3. The van der Waals surface area contributed by atoms with Crippen LogP contribution in [0.1, 0.15) is 37.1 Å². The van der Waals surface area contributed by atoms with E-state index in [-0.39, 0.29) is 6.04 Å². The normalized spacial score (nSPS) is 16.0. The molecule has 0 saturated heterocycles. The molecule has 1 heterocycles. The minimum atomic E-state index is 0.276. The molecule has 1 aliphatic carbocycles. The molecule has 3 rings (SSSR count). The number of rotatable bonds is 6. The predicted molar refractivity (Wildman–Crippen MR) is 90.2 cm³/mol. The molecule has 1 aromatic heterocycles. The van der Waals surface area contributed by atoms with Gasteiger partial charge < -0.3 is 10.2 Å². The van der Waals surface area contributed by atoms with Crippen molar-refractivity contribution in [3.8, 4) is 0 Å². The lowest BCUT2D eigenvalue weighted by atomic mass is 10.1. The molecular weight excluding hydrogens is 302 g/mol. The van der Waals surface area contributed by atoms with E-state index < -0.39 is 0 Å². The third kappa shape index (κ3) is 3.76. The van der Waals surface area contributed by atoms with Gasteiger partial charge in [-0.15, -0.1) is 11.3 Å². The summed E-state index contributed by atoms with van der Waals surface area (Å²) in [6, 6.07) is 9.03. The van der Waals surface area contributed by atoms with Crippen LogP contribution >= 0.6 is 22.9 Å². The lowest BCUT2D eigenvalue weighted by Gasteiger charge is -2.24. The first-order chi connectivity index (χ1) is 10.1. The van der Waals surface area contributed by atoms with Crippen LogP contribution in [0.2, 0.25) is 5.02 Å². The largest absolute Gasteiger partial charge is 0.344 e. The minimum absolute atomic E-state index is 0.276. The van der Waals surface area contributed by atoms with E-state index in [1.165, 1.54) is 18.4 Å². The summed E-state index contributed by atoms with van der Waals surface area (Å²) in [7, 11) is 2.09. The fourth-order valence-electron chi connectivity index (χ4n) is 2.21. The molecule has 0 radical (unpaired) electrons. The van der Waals surface area contributed by atoms with Crippen molar-refractivity contribution in [2.75, 3.05) is 11.9 Å². The molecule has 1 aliphatic rings. The van der Waals surface area contributed by atoms with E-state index in [1.54, 1.807) is 11.3 Å². The van der Waals surface area contributed by atoms with Gasteiger partial charge in [0.15, 0.2) is 5.13 Å². The molecule has 1 fully saturated rings. The van der Waals surface area contributed by atoms with Gasteiger partial charge in [-0.2, -0.15) is 0 Å². The lowest BCUT2D eigenvalue weighted by Crippen LogP contribution is -2.21. The maximum absolute atomic E-state index is 5.95. The van der Waals surface area contributed by atoms with Gasteiger partial charge in [0, 0.05) is 30.0 Å². The summed E-state index contributed by atoms with van der Waals surface area (Å²) in [6.45, 7) is 3.07. The zero-order valence-electron chi connectivity index (χ0n) is 12.3. The van der Waals surface area contributed by atoms with Crippen molar-refractivity contribution in [1.29, 1.82) is 0 Å². The summed E-state index contributed by atoms with van der Waals surface area (Å²) in [4.78, 5) is 6.95. The Labute approximate surface area is 135 Å². The number of aromatic nitrogens is 1. The van der Waals surface area contributed by atoms with Crippen LogP contribution in [0.5, 0.6) is 0 Å². The number of halogens is 1. The Balaban J connectivity index is 1.65. The van der Waals surface area contributed by atoms with Crippen LogP contribution in [0.3, 0.4) is 0 Å². The first-order valence-electron chi connectivity index (χ1n) is 7.29. The quantitative estimate of drug-likeness (QED) is 0.862. The number of nitrogens with one attached hydrogen (secondary N) is 1. The summed E-state index contributed by atoms with van der Waals surface area (Å²) >= 11 is 7.66. The van der Waals surface area contributed by atoms with Crippen molar-refractivity contribution in [3.63, 3.8) is 0 Å². The average Bonchev–Trinajstić information content (AvgIpc) is 3.21. The zero-order chi connectivity index (χ0) is 14.8. The molecule has 0 spiro atoms. The van der Waals surface area contributed by atoms with Crippen LogP contribution in [0.25, 0.3) is 0 Å². The monoisotopic (exact) mass is 321 g/mol. The van der Waals surface area contributed by atoms with Gasteiger partial charge in [0.25, 0.3) is 0 Å². The van der Waals surface area contributed by atoms with Gasteiger partial charge >= 0.3 is 0 Å². The summed E-state index contributed by atoms with van der Waals surface area (Å²) in [5, 5.41) is 7.49. The second kappa shape index (κ2) is 6.34. The lowest BCUT2D eigenvalue weighted by molar-refractivity contribution is 0.674. The molecule has 5 heteroatoms. The highest BCUT2D eigenvalue weighted by Crippen LogP contribution is 2.29. The summed E-state index contributed by atoms with van der Waals surface area (Å²) in [5.74, 6) is 0. The van der Waals surface area contributed by atoms with E-state index in [0.717, 1.165) is 28.4 Å². The first-order valence-corrected chi connectivity index (χ1v) is 8.55. The number of benzene rings is 1. The molecular formula is C16H20ClN3S. The van der Waals surface area contributed by atoms with E-state index in [0.29, 0.717) is 0 Å². The molecule has 2 aromatic rings. The molecule has 1 unspecified atom stereocenters. The molecule has 21 heavy (non-hydrogen) atoms. The second-order valence-electron chi connectivity index (χ2n) is 5.62. The number of nitrogens with zero attached hydrogens (tertiary/aromatic N) is 2. The highest BCUT2D eigenvalue weighted by Gasteiger charge is 2.21. The third-order valence-electron chi connectivity index (χ3n) is 3.92. The third-order valence-corrected chi connectivity index (χ3v) is 5.16. The molecule has 1 saturated carbocycles. The molecule has 3 nitrogen and oxygen atoms in total.